The third kappa shape index (κ3) is 1.91. The van der Waals surface area contributed by atoms with Gasteiger partial charge in [-0.3, -0.25) is 4.79 Å². The molecule has 0 saturated heterocycles. The van der Waals surface area contributed by atoms with Gasteiger partial charge in [-0.1, -0.05) is 8.19 Å². The SMILES string of the molecule is O=c1[pH]c(C(F)(F)F)cc2cc(O)ccc12. The van der Waals surface area contributed by atoms with Crippen molar-refractivity contribution in [2.24, 2.45) is 0 Å². The van der Waals surface area contributed by atoms with Crippen molar-refractivity contribution in [2.75, 3.05) is 0 Å². The predicted molar refractivity (Wildman–Crippen MR) is 56.4 cm³/mol. The number of rotatable bonds is 0. The maximum atomic E-state index is 12.4. The molecular formula is C10H6F3O2P. The number of fused-ring (bicyclic) bond motifs is 1. The fourth-order valence-corrected chi connectivity index (χ4v) is 2.39. The highest BCUT2D eigenvalue weighted by molar-refractivity contribution is 7.30. The molecule has 0 amide bonds. The molecule has 16 heavy (non-hydrogen) atoms. The zero-order valence-corrected chi connectivity index (χ0v) is 8.80. The lowest BCUT2D eigenvalue weighted by atomic mass is 10.2. The van der Waals surface area contributed by atoms with E-state index in [4.69, 9.17) is 5.11 Å². The first-order chi connectivity index (χ1) is 7.38. The number of halogens is 3. The van der Waals surface area contributed by atoms with E-state index in [1.54, 1.807) is 0 Å². The number of phenols is 1. The topological polar surface area (TPSA) is 37.3 Å². The maximum Gasteiger partial charge on any atom is 0.419 e. The molecule has 0 spiro atoms. The van der Waals surface area contributed by atoms with Crippen LogP contribution in [0.3, 0.4) is 0 Å². The van der Waals surface area contributed by atoms with Crippen LogP contribution in [0, 0.1) is 0 Å². The van der Waals surface area contributed by atoms with E-state index in [0.29, 0.717) is 0 Å². The summed E-state index contributed by atoms with van der Waals surface area (Å²) in [5.41, 5.74) is 0. The number of benzene rings is 1. The quantitative estimate of drug-likeness (QED) is 0.775. The minimum Gasteiger partial charge on any atom is -0.508 e. The van der Waals surface area contributed by atoms with Crippen molar-refractivity contribution in [3.8, 4) is 5.75 Å². The Bertz CT molecular complexity index is 601. The van der Waals surface area contributed by atoms with E-state index >= 15 is 0 Å². The lowest BCUT2D eigenvalue weighted by molar-refractivity contribution is -0.134. The van der Waals surface area contributed by atoms with Crippen LogP contribution in [0.15, 0.2) is 29.1 Å². The van der Waals surface area contributed by atoms with Crippen LogP contribution in [0.2, 0.25) is 0 Å². The molecule has 0 aliphatic heterocycles. The summed E-state index contributed by atoms with van der Waals surface area (Å²) >= 11 is 0. The predicted octanol–water partition coefficient (Wildman–Crippen LogP) is 2.96. The molecule has 1 aromatic heterocycles. The molecule has 0 radical (unpaired) electrons. The molecule has 0 aliphatic carbocycles. The summed E-state index contributed by atoms with van der Waals surface area (Å²) in [6, 6.07) is 4.69. The molecule has 2 nitrogen and oxygen atoms in total. The van der Waals surface area contributed by atoms with Gasteiger partial charge in [0.2, 0.25) is 5.16 Å². The van der Waals surface area contributed by atoms with Crippen molar-refractivity contribution in [2.45, 2.75) is 6.18 Å². The molecule has 0 aliphatic rings. The average molecular weight is 246 g/mol. The van der Waals surface area contributed by atoms with Crippen LogP contribution in [-0.2, 0) is 6.18 Å². The molecule has 0 fully saturated rings. The number of aromatic hydroxyl groups is 1. The summed E-state index contributed by atoms with van der Waals surface area (Å²) in [6.45, 7) is 0. The first kappa shape index (κ1) is 11.0. The molecule has 1 aromatic carbocycles. The Hall–Kier alpha value is -1.48. The number of alkyl halides is 3. The van der Waals surface area contributed by atoms with E-state index in [2.05, 4.69) is 0 Å². The van der Waals surface area contributed by atoms with E-state index < -0.39 is 24.8 Å². The van der Waals surface area contributed by atoms with Crippen LogP contribution in [0.5, 0.6) is 5.75 Å². The van der Waals surface area contributed by atoms with E-state index in [1.165, 1.54) is 12.1 Å². The molecule has 2 rings (SSSR count). The zero-order valence-electron chi connectivity index (χ0n) is 7.80. The van der Waals surface area contributed by atoms with Crippen molar-refractivity contribution >= 4 is 19.0 Å². The molecule has 6 heteroatoms. The highest BCUT2D eigenvalue weighted by Crippen LogP contribution is 2.35. The third-order valence-electron chi connectivity index (χ3n) is 2.13. The van der Waals surface area contributed by atoms with Crippen molar-refractivity contribution in [3.63, 3.8) is 0 Å². The molecule has 84 valence electrons. The second kappa shape index (κ2) is 3.52. The largest absolute Gasteiger partial charge is 0.508 e. The van der Waals surface area contributed by atoms with Gasteiger partial charge in [0.1, 0.15) is 5.75 Å². The fraction of sp³-hybridized carbons (Fsp3) is 0.100. The normalized spacial score (nSPS) is 12.4. The van der Waals surface area contributed by atoms with Gasteiger partial charge in [0.25, 0.3) is 0 Å². The van der Waals surface area contributed by atoms with Gasteiger partial charge in [0.15, 0.2) is 0 Å². The van der Waals surface area contributed by atoms with Crippen molar-refractivity contribution < 1.29 is 18.3 Å². The molecule has 1 heterocycles. The summed E-state index contributed by atoms with van der Waals surface area (Å²) in [5, 5.41) is 8.09. The Morgan fingerprint density at radius 2 is 1.88 bits per heavy atom. The summed E-state index contributed by atoms with van der Waals surface area (Å²) in [4.78, 5) is 11.4. The second-order valence-corrected chi connectivity index (χ2v) is 4.52. The highest BCUT2D eigenvalue weighted by Gasteiger charge is 2.31. The van der Waals surface area contributed by atoms with E-state index in [9.17, 15) is 18.0 Å². The maximum absolute atomic E-state index is 12.4. The van der Waals surface area contributed by atoms with Gasteiger partial charge >= 0.3 is 6.18 Å². The van der Waals surface area contributed by atoms with Crippen molar-refractivity contribution in [1.29, 1.82) is 0 Å². The van der Waals surface area contributed by atoms with Crippen LogP contribution in [0.4, 0.5) is 13.2 Å². The monoisotopic (exact) mass is 246 g/mol. The molecule has 2 aromatic rings. The Balaban J connectivity index is 2.80. The lowest BCUT2D eigenvalue weighted by Gasteiger charge is -2.07. The number of phenolic OH excluding ortho intramolecular Hbond substituents is 1. The van der Waals surface area contributed by atoms with Gasteiger partial charge in [-0.25, -0.2) is 0 Å². The Morgan fingerprint density at radius 3 is 2.50 bits per heavy atom. The first-order valence-corrected chi connectivity index (χ1v) is 5.31. The number of hydrogen-bond acceptors (Lipinski definition) is 2. The van der Waals surface area contributed by atoms with Gasteiger partial charge in [0, 0.05) is 5.39 Å². The lowest BCUT2D eigenvalue weighted by Crippen LogP contribution is -2.06. The second-order valence-electron chi connectivity index (χ2n) is 3.28. The van der Waals surface area contributed by atoms with Crippen LogP contribution in [0.25, 0.3) is 10.8 Å². The molecule has 1 unspecified atom stereocenters. The van der Waals surface area contributed by atoms with Gasteiger partial charge in [-0.05, 0) is 29.7 Å². The summed E-state index contributed by atoms with van der Waals surface area (Å²) in [7, 11) is -0.903. The van der Waals surface area contributed by atoms with Gasteiger partial charge < -0.3 is 5.11 Å². The Labute approximate surface area is 89.4 Å². The summed E-state index contributed by atoms with van der Waals surface area (Å²) in [5.74, 6) is -0.158. The van der Waals surface area contributed by atoms with Gasteiger partial charge in [-0.2, -0.15) is 13.2 Å². The van der Waals surface area contributed by atoms with Gasteiger partial charge in [-0.15, -0.1) is 0 Å². The summed E-state index contributed by atoms with van der Waals surface area (Å²) < 4.78 is 37.3. The van der Waals surface area contributed by atoms with E-state index in [0.717, 1.165) is 12.1 Å². The molecule has 0 saturated carbocycles. The van der Waals surface area contributed by atoms with Crippen LogP contribution in [0.1, 0.15) is 5.30 Å². The molecule has 1 N–H and O–H groups in total. The Morgan fingerprint density at radius 1 is 1.19 bits per heavy atom. The third-order valence-corrected chi connectivity index (χ3v) is 3.33. The average Bonchev–Trinajstić information content (AvgIpc) is 2.15. The Kier molecular flexibility index (Phi) is 2.43. The smallest absolute Gasteiger partial charge is 0.419 e. The van der Waals surface area contributed by atoms with Crippen LogP contribution < -0.4 is 5.16 Å². The number of hydrogen-bond donors (Lipinski definition) is 1. The summed E-state index contributed by atoms with van der Waals surface area (Å²) in [6.07, 6.45) is -4.49. The van der Waals surface area contributed by atoms with Crippen molar-refractivity contribution in [1.82, 2.24) is 0 Å². The molecular weight excluding hydrogens is 240 g/mol. The van der Waals surface area contributed by atoms with Gasteiger partial charge in [0.05, 0.1) is 5.30 Å². The van der Waals surface area contributed by atoms with E-state index in [1.807, 2.05) is 0 Å². The molecule has 1 atom stereocenters. The van der Waals surface area contributed by atoms with Crippen molar-refractivity contribution in [3.05, 3.63) is 39.5 Å². The van der Waals surface area contributed by atoms with Crippen LogP contribution in [-0.4, -0.2) is 5.11 Å². The minimum atomic E-state index is -4.49. The fourth-order valence-electron chi connectivity index (χ4n) is 1.41. The minimum absolute atomic E-state index is 0.121. The van der Waals surface area contributed by atoms with Crippen LogP contribution >= 0.6 is 8.19 Å². The van der Waals surface area contributed by atoms with E-state index in [-0.39, 0.29) is 16.5 Å². The standard InChI is InChI=1S/C10H6F3O2P/c11-10(12,13)8-4-5-3-6(14)1-2-7(5)9(15)16-8/h1-4,14,16H. The highest BCUT2D eigenvalue weighted by atomic mass is 31.0. The first-order valence-electron chi connectivity index (χ1n) is 4.31. The molecule has 0 bridgehead atoms. The zero-order chi connectivity index (χ0) is 11.9.